The second-order valence-electron chi connectivity index (χ2n) is 9.93. The number of hydrogen-bond acceptors (Lipinski definition) is 1. The van der Waals surface area contributed by atoms with Crippen molar-refractivity contribution in [3.05, 3.63) is 94.7 Å². The first-order valence-corrected chi connectivity index (χ1v) is 11.3. The summed E-state index contributed by atoms with van der Waals surface area (Å²) in [6.07, 6.45) is 3.94. The number of aromatic nitrogens is 1. The highest BCUT2D eigenvalue weighted by atomic mass is 14.7. The van der Waals surface area contributed by atoms with Gasteiger partial charge in [0.1, 0.15) is 0 Å². The quantitative estimate of drug-likeness (QED) is 0.251. The molecule has 0 spiro atoms. The van der Waals surface area contributed by atoms with Crippen LogP contribution in [0.3, 0.4) is 0 Å². The number of benzene rings is 4. The van der Waals surface area contributed by atoms with E-state index in [-0.39, 0.29) is 5.41 Å². The van der Waals surface area contributed by atoms with Gasteiger partial charge < -0.3 is 0 Å². The van der Waals surface area contributed by atoms with E-state index in [0.717, 1.165) is 5.69 Å². The molecule has 0 saturated heterocycles. The van der Waals surface area contributed by atoms with E-state index < -0.39 is 0 Å². The standard InChI is InChI=1S/C31H27N/c1-7-20-15-27-26(14-18(20)3)30-29-23(10-11-32-30)22-9-8-21-19(4)12-17(2)13-24(21)25(22)16-28(29)31(27,5)6/h7-16H,1H2,2-6H3. The highest BCUT2D eigenvalue weighted by Gasteiger charge is 2.35. The van der Waals surface area contributed by atoms with Gasteiger partial charge in [0.2, 0.25) is 0 Å². The van der Waals surface area contributed by atoms with Gasteiger partial charge in [-0.1, -0.05) is 56.3 Å². The van der Waals surface area contributed by atoms with E-state index in [0.29, 0.717) is 0 Å². The van der Waals surface area contributed by atoms with Crippen LogP contribution in [0.1, 0.15) is 47.2 Å². The van der Waals surface area contributed by atoms with E-state index in [1.807, 2.05) is 12.3 Å². The van der Waals surface area contributed by atoms with Crippen LogP contribution in [0.15, 0.2) is 61.3 Å². The number of pyridine rings is 1. The lowest BCUT2D eigenvalue weighted by atomic mass is 9.68. The lowest BCUT2D eigenvalue weighted by Crippen LogP contribution is -2.24. The largest absolute Gasteiger partial charge is 0.256 e. The summed E-state index contributed by atoms with van der Waals surface area (Å²) in [6.45, 7) is 15.3. The van der Waals surface area contributed by atoms with Crippen LogP contribution in [-0.4, -0.2) is 4.98 Å². The van der Waals surface area contributed by atoms with Crippen LogP contribution >= 0.6 is 0 Å². The Morgan fingerprint density at radius 1 is 0.750 bits per heavy atom. The van der Waals surface area contributed by atoms with Gasteiger partial charge in [0.05, 0.1) is 5.69 Å². The number of rotatable bonds is 1. The molecular formula is C31H27N. The van der Waals surface area contributed by atoms with Crippen LogP contribution in [0.2, 0.25) is 0 Å². The Labute approximate surface area is 189 Å². The van der Waals surface area contributed by atoms with Crippen LogP contribution in [0.5, 0.6) is 0 Å². The Bertz CT molecular complexity index is 1630. The Morgan fingerprint density at radius 3 is 2.28 bits per heavy atom. The fraction of sp³-hybridized carbons (Fsp3) is 0.194. The summed E-state index contributed by atoms with van der Waals surface area (Å²) in [7, 11) is 0. The lowest BCUT2D eigenvalue weighted by molar-refractivity contribution is 0.644. The van der Waals surface area contributed by atoms with Gasteiger partial charge in [0.15, 0.2) is 0 Å². The molecule has 0 unspecified atom stereocenters. The van der Waals surface area contributed by atoms with E-state index in [4.69, 9.17) is 4.98 Å². The molecule has 0 atom stereocenters. The molecule has 1 heteroatoms. The zero-order valence-electron chi connectivity index (χ0n) is 19.4. The van der Waals surface area contributed by atoms with Crippen molar-refractivity contribution in [1.82, 2.24) is 4.98 Å². The monoisotopic (exact) mass is 413 g/mol. The van der Waals surface area contributed by atoms with E-state index >= 15 is 0 Å². The number of hydrogen-bond donors (Lipinski definition) is 0. The van der Waals surface area contributed by atoms with Crippen molar-refractivity contribution in [2.24, 2.45) is 0 Å². The fourth-order valence-corrected chi connectivity index (χ4v) is 5.89. The Hall–Kier alpha value is -3.45. The second-order valence-corrected chi connectivity index (χ2v) is 9.93. The van der Waals surface area contributed by atoms with Gasteiger partial charge in [-0.25, -0.2) is 0 Å². The maximum Gasteiger partial charge on any atom is 0.0786 e. The summed E-state index contributed by atoms with van der Waals surface area (Å²) < 4.78 is 0. The molecule has 6 rings (SSSR count). The zero-order chi connectivity index (χ0) is 22.4. The first-order valence-electron chi connectivity index (χ1n) is 11.3. The minimum absolute atomic E-state index is 0.135. The van der Waals surface area contributed by atoms with Gasteiger partial charge in [-0.3, -0.25) is 4.98 Å². The predicted octanol–water partition coefficient (Wildman–Crippen LogP) is 8.42. The van der Waals surface area contributed by atoms with E-state index in [1.165, 1.54) is 71.3 Å². The van der Waals surface area contributed by atoms with Crippen molar-refractivity contribution in [2.45, 2.75) is 40.0 Å². The van der Waals surface area contributed by atoms with Gasteiger partial charge in [-0.05, 0) is 99.8 Å². The molecule has 0 N–H and O–H groups in total. The number of fused-ring (bicyclic) bond motifs is 6. The van der Waals surface area contributed by atoms with Crippen molar-refractivity contribution in [2.75, 3.05) is 0 Å². The Morgan fingerprint density at radius 2 is 1.50 bits per heavy atom. The first kappa shape index (κ1) is 19.3. The molecule has 1 nitrogen and oxygen atoms in total. The molecule has 1 aromatic heterocycles. The van der Waals surface area contributed by atoms with E-state index in [9.17, 15) is 0 Å². The smallest absolute Gasteiger partial charge is 0.0786 e. The molecule has 0 fully saturated rings. The molecule has 1 aliphatic carbocycles. The average molecular weight is 414 g/mol. The van der Waals surface area contributed by atoms with Crippen LogP contribution in [0, 0.1) is 20.8 Å². The normalized spacial score (nSPS) is 14.2. The average Bonchev–Trinajstić information content (AvgIpc) is 2.76. The molecule has 156 valence electrons. The number of aryl methyl sites for hydroxylation is 3. The second kappa shape index (κ2) is 6.29. The van der Waals surface area contributed by atoms with Gasteiger partial charge in [-0.2, -0.15) is 0 Å². The predicted molar refractivity (Wildman–Crippen MR) is 139 cm³/mol. The highest BCUT2D eigenvalue weighted by Crippen LogP contribution is 2.50. The Balaban J connectivity index is 1.85. The lowest BCUT2D eigenvalue weighted by Gasteiger charge is -2.35. The molecule has 32 heavy (non-hydrogen) atoms. The molecule has 0 bridgehead atoms. The molecule has 5 aromatic rings. The molecule has 0 amide bonds. The highest BCUT2D eigenvalue weighted by molar-refractivity contribution is 6.21. The third-order valence-corrected chi connectivity index (χ3v) is 7.56. The molecule has 0 radical (unpaired) electrons. The zero-order valence-corrected chi connectivity index (χ0v) is 19.4. The summed E-state index contributed by atoms with van der Waals surface area (Å²) in [5.74, 6) is 0. The molecule has 1 aliphatic rings. The van der Waals surface area contributed by atoms with Crippen LogP contribution in [-0.2, 0) is 5.41 Å². The summed E-state index contributed by atoms with van der Waals surface area (Å²) in [5.41, 5.74) is 10.0. The van der Waals surface area contributed by atoms with Gasteiger partial charge in [0, 0.05) is 22.6 Å². The third-order valence-electron chi connectivity index (χ3n) is 7.56. The maximum atomic E-state index is 4.91. The van der Waals surface area contributed by atoms with Crippen molar-refractivity contribution in [3.63, 3.8) is 0 Å². The van der Waals surface area contributed by atoms with Crippen molar-refractivity contribution >= 4 is 38.4 Å². The minimum atomic E-state index is -0.135. The van der Waals surface area contributed by atoms with Gasteiger partial charge in [-0.15, -0.1) is 0 Å². The van der Waals surface area contributed by atoms with Gasteiger partial charge in [0.25, 0.3) is 0 Å². The summed E-state index contributed by atoms with van der Waals surface area (Å²) in [6, 6.07) is 18.5. The Kier molecular flexibility index (Phi) is 3.79. The maximum absolute atomic E-state index is 4.91. The number of nitrogens with zero attached hydrogens (tertiary/aromatic N) is 1. The topological polar surface area (TPSA) is 12.9 Å². The SMILES string of the molecule is C=Cc1cc2c(cc1C)-c1nccc3c1c(cc1c4cc(C)cc(C)c4ccc31)C2(C)C. The first-order chi connectivity index (χ1) is 15.3. The van der Waals surface area contributed by atoms with E-state index in [1.54, 1.807) is 0 Å². The molecular weight excluding hydrogens is 386 g/mol. The molecule has 1 heterocycles. The van der Waals surface area contributed by atoms with Crippen LogP contribution in [0.25, 0.3) is 49.7 Å². The van der Waals surface area contributed by atoms with Crippen molar-refractivity contribution in [1.29, 1.82) is 0 Å². The summed E-state index contributed by atoms with van der Waals surface area (Å²) >= 11 is 0. The fourth-order valence-electron chi connectivity index (χ4n) is 5.89. The molecule has 0 aliphatic heterocycles. The van der Waals surface area contributed by atoms with Crippen molar-refractivity contribution < 1.29 is 0 Å². The van der Waals surface area contributed by atoms with Crippen molar-refractivity contribution in [3.8, 4) is 11.3 Å². The molecule has 4 aromatic carbocycles. The summed E-state index contributed by atoms with van der Waals surface area (Å²) in [5, 5.41) is 7.92. The van der Waals surface area contributed by atoms with Gasteiger partial charge >= 0.3 is 0 Å². The van der Waals surface area contributed by atoms with E-state index in [2.05, 4.69) is 89.7 Å². The van der Waals surface area contributed by atoms with Crippen LogP contribution < -0.4 is 0 Å². The summed E-state index contributed by atoms with van der Waals surface area (Å²) in [4.78, 5) is 4.91. The molecule has 0 saturated carbocycles. The minimum Gasteiger partial charge on any atom is -0.256 e. The van der Waals surface area contributed by atoms with Crippen LogP contribution in [0.4, 0.5) is 0 Å². The third kappa shape index (κ3) is 2.37.